The third kappa shape index (κ3) is 5.25. The smallest absolute Gasteiger partial charge is 0.307 e. The Morgan fingerprint density at radius 3 is 2.79 bits per heavy atom. The van der Waals surface area contributed by atoms with Gasteiger partial charge in [-0.25, -0.2) is 9.37 Å². The van der Waals surface area contributed by atoms with Crippen molar-refractivity contribution in [2.45, 2.75) is 33.1 Å². The van der Waals surface area contributed by atoms with Gasteiger partial charge in [-0.15, -0.1) is 11.3 Å². The number of halogens is 1. The highest BCUT2D eigenvalue weighted by Gasteiger charge is 2.19. The Hall–Kier alpha value is -4.56. The van der Waals surface area contributed by atoms with Gasteiger partial charge < -0.3 is 9.84 Å². The first-order valence-electron chi connectivity index (χ1n) is 13.9. The lowest BCUT2D eigenvalue weighted by Gasteiger charge is -2.19. The summed E-state index contributed by atoms with van der Waals surface area (Å²) in [5.41, 5.74) is 7.86. The van der Waals surface area contributed by atoms with Crippen LogP contribution in [-0.4, -0.2) is 32.4 Å². The highest BCUT2D eigenvalue weighted by molar-refractivity contribution is 7.22. The highest BCUT2D eigenvalue weighted by Crippen LogP contribution is 2.38. The zero-order chi connectivity index (χ0) is 29.4. The van der Waals surface area contributed by atoms with Crippen LogP contribution in [0.25, 0.3) is 48.9 Å². The van der Waals surface area contributed by atoms with E-state index in [4.69, 9.17) is 9.72 Å². The molecule has 1 aliphatic rings. The average molecular weight is 580 g/mol. The summed E-state index contributed by atoms with van der Waals surface area (Å²) in [7, 11) is 1.93. The number of ether oxygens (including phenoxy) is 1. The number of hydrogen-bond donors (Lipinski definition) is 1. The minimum absolute atomic E-state index is 0.171. The van der Waals surface area contributed by atoms with Gasteiger partial charge in [-0.2, -0.15) is 5.10 Å². The number of nitrogens with zero attached hydrogens (tertiary/aromatic N) is 3. The summed E-state index contributed by atoms with van der Waals surface area (Å²) in [5, 5.41) is 15.9. The van der Waals surface area contributed by atoms with Crippen LogP contribution in [0, 0.1) is 6.92 Å². The number of allylic oxidation sites excluding steroid dienone is 4. The maximum Gasteiger partial charge on any atom is 0.307 e. The maximum absolute atomic E-state index is 15.4. The number of benzene rings is 3. The number of aryl methyl sites for hydroxylation is 2. The fourth-order valence-electron chi connectivity index (χ4n) is 5.50. The van der Waals surface area contributed by atoms with E-state index in [1.807, 2.05) is 56.0 Å². The molecule has 0 aliphatic carbocycles. The van der Waals surface area contributed by atoms with E-state index in [1.54, 1.807) is 6.08 Å². The zero-order valence-corrected chi connectivity index (χ0v) is 24.5. The summed E-state index contributed by atoms with van der Waals surface area (Å²) in [5.74, 6) is -1.16. The van der Waals surface area contributed by atoms with Crippen molar-refractivity contribution in [3.63, 3.8) is 0 Å². The van der Waals surface area contributed by atoms with Crippen molar-refractivity contribution in [2.24, 2.45) is 7.05 Å². The molecule has 0 unspecified atom stereocenters. The van der Waals surface area contributed by atoms with Crippen LogP contribution in [0.4, 0.5) is 4.39 Å². The van der Waals surface area contributed by atoms with Crippen molar-refractivity contribution in [3.8, 4) is 21.7 Å². The molecule has 6 nitrogen and oxygen atoms in total. The molecule has 1 saturated heterocycles. The van der Waals surface area contributed by atoms with Gasteiger partial charge in [0.05, 0.1) is 35.0 Å². The molecule has 1 fully saturated rings. The van der Waals surface area contributed by atoms with E-state index in [0.29, 0.717) is 17.7 Å². The minimum Gasteiger partial charge on any atom is -0.490 e. The Morgan fingerprint density at radius 1 is 1.17 bits per heavy atom. The lowest BCUT2D eigenvalue weighted by molar-refractivity contribution is -0.136. The quantitative estimate of drug-likeness (QED) is 0.219. The molecule has 2 aromatic heterocycles. The number of aromatic nitrogens is 3. The second kappa shape index (κ2) is 11.4. The standard InChI is InChI=1S/C34H30FN3O3S/c1-4-21-9-6-14-41-32(21)28(35)12-11-26-27(18-31(39)40)20(2)15-29-33(26)42-34(37-29)24-8-5-7-22(16-24)23-10-13-30-25(17-23)19-36-38(30)3/h4-5,7-8,10-13,15-17,19H,6,9,14,18H2,1-3H3,(H,39,40)/b12-11+,21-4+,32-28-. The van der Waals surface area contributed by atoms with E-state index in [9.17, 15) is 9.90 Å². The molecule has 3 heterocycles. The molecule has 1 aliphatic heterocycles. The number of aliphatic carboxylic acids is 1. The van der Waals surface area contributed by atoms with Crippen molar-refractivity contribution in [1.82, 2.24) is 14.8 Å². The Morgan fingerprint density at radius 2 is 1.98 bits per heavy atom. The first kappa shape index (κ1) is 27.6. The Balaban J connectivity index is 1.44. The molecule has 1 N–H and O–H groups in total. The van der Waals surface area contributed by atoms with Gasteiger partial charge in [-0.1, -0.05) is 36.4 Å². The largest absolute Gasteiger partial charge is 0.490 e. The number of carboxylic acid groups (broad SMARTS) is 1. The van der Waals surface area contributed by atoms with Crippen molar-refractivity contribution in [1.29, 1.82) is 0 Å². The SMILES string of the molecule is C\C=C1/CCCO/C1=C(F)/C=C/c1c(CC(=O)O)c(C)cc2nc(-c3cccc(-c4ccc5c(cnn5C)c4)c3)sc12. The zero-order valence-electron chi connectivity index (χ0n) is 23.6. The fourth-order valence-corrected chi connectivity index (χ4v) is 6.59. The molecule has 0 bridgehead atoms. The number of rotatable bonds is 6. The van der Waals surface area contributed by atoms with Crippen LogP contribution >= 0.6 is 11.3 Å². The van der Waals surface area contributed by atoms with Gasteiger partial charge in [0.2, 0.25) is 0 Å². The molecule has 42 heavy (non-hydrogen) atoms. The predicted molar refractivity (Wildman–Crippen MR) is 167 cm³/mol. The molecule has 0 saturated carbocycles. The van der Waals surface area contributed by atoms with E-state index in [1.165, 1.54) is 17.4 Å². The third-order valence-corrected chi connectivity index (χ3v) is 8.81. The van der Waals surface area contributed by atoms with Crippen molar-refractivity contribution < 1.29 is 19.0 Å². The fraction of sp³-hybridized carbons (Fsp3) is 0.206. The van der Waals surface area contributed by atoms with E-state index in [0.717, 1.165) is 66.8 Å². The van der Waals surface area contributed by atoms with Crippen LogP contribution in [0.15, 0.2) is 84.0 Å². The number of carboxylic acids is 1. The molecule has 0 radical (unpaired) electrons. The summed E-state index contributed by atoms with van der Waals surface area (Å²) in [6.07, 6.45) is 8.24. The Labute approximate surface area is 247 Å². The minimum atomic E-state index is -0.944. The van der Waals surface area contributed by atoms with Crippen molar-refractivity contribution in [2.75, 3.05) is 6.61 Å². The van der Waals surface area contributed by atoms with E-state index in [-0.39, 0.29) is 12.2 Å². The lowest BCUT2D eigenvalue weighted by atomic mass is 9.97. The topological polar surface area (TPSA) is 77.2 Å². The molecule has 3 aromatic carbocycles. The molecule has 0 atom stereocenters. The normalized spacial score (nSPS) is 16.0. The molecule has 0 spiro atoms. The summed E-state index contributed by atoms with van der Waals surface area (Å²) in [6, 6.07) is 16.4. The van der Waals surface area contributed by atoms with Crippen LogP contribution < -0.4 is 0 Å². The van der Waals surface area contributed by atoms with Gasteiger partial charge in [0.25, 0.3) is 0 Å². The Bertz CT molecular complexity index is 1950. The van der Waals surface area contributed by atoms with Crippen molar-refractivity contribution in [3.05, 3.63) is 101 Å². The average Bonchev–Trinajstić information content (AvgIpc) is 3.59. The molecule has 212 valence electrons. The van der Waals surface area contributed by atoms with Crippen LogP contribution in [-0.2, 0) is 23.0 Å². The first-order chi connectivity index (χ1) is 20.3. The van der Waals surface area contributed by atoms with E-state index >= 15 is 4.39 Å². The van der Waals surface area contributed by atoms with Gasteiger partial charge in [-0.3, -0.25) is 9.48 Å². The van der Waals surface area contributed by atoms with Crippen LogP contribution in [0.3, 0.4) is 0 Å². The van der Waals surface area contributed by atoms with Gasteiger partial charge in [0.15, 0.2) is 11.6 Å². The number of thiazole rings is 1. The molecule has 5 aromatic rings. The third-order valence-electron chi connectivity index (χ3n) is 7.66. The maximum atomic E-state index is 15.4. The van der Waals surface area contributed by atoms with Gasteiger partial charge in [0.1, 0.15) is 5.01 Å². The van der Waals surface area contributed by atoms with Gasteiger partial charge >= 0.3 is 5.97 Å². The number of carbonyl (C=O) groups is 1. The summed E-state index contributed by atoms with van der Waals surface area (Å²) in [4.78, 5) is 16.7. The number of fused-ring (bicyclic) bond motifs is 2. The van der Waals surface area contributed by atoms with Crippen LogP contribution in [0.5, 0.6) is 0 Å². The monoisotopic (exact) mass is 579 g/mol. The second-order valence-corrected chi connectivity index (χ2v) is 11.4. The predicted octanol–water partition coefficient (Wildman–Crippen LogP) is 8.40. The molecule has 6 rings (SSSR count). The van der Waals surface area contributed by atoms with E-state index < -0.39 is 11.8 Å². The van der Waals surface area contributed by atoms with E-state index in [2.05, 4.69) is 35.4 Å². The van der Waals surface area contributed by atoms with Gasteiger partial charge in [0, 0.05) is 18.0 Å². The first-order valence-corrected chi connectivity index (χ1v) is 14.7. The summed E-state index contributed by atoms with van der Waals surface area (Å²) in [6.45, 7) is 4.22. The van der Waals surface area contributed by atoms with Crippen LogP contribution in [0.2, 0.25) is 0 Å². The van der Waals surface area contributed by atoms with Crippen LogP contribution in [0.1, 0.15) is 36.5 Å². The molecular formula is C34H30FN3O3S. The van der Waals surface area contributed by atoms with Gasteiger partial charge in [-0.05, 0) is 90.4 Å². The second-order valence-electron chi connectivity index (χ2n) is 10.4. The highest BCUT2D eigenvalue weighted by atomic mass is 32.1. The Kier molecular flexibility index (Phi) is 7.47. The lowest BCUT2D eigenvalue weighted by Crippen LogP contribution is -2.07. The number of hydrogen-bond acceptors (Lipinski definition) is 5. The summed E-state index contributed by atoms with van der Waals surface area (Å²) >= 11 is 1.48. The summed E-state index contributed by atoms with van der Waals surface area (Å²) < 4.78 is 23.7. The molecule has 0 amide bonds. The van der Waals surface area contributed by atoms with Crippen molar-refractivity contribution >= 4 is 44.5 Å². The molecule has 8 heteroatoms. The molecular weight excluding hydrogens is 549 g/mol.